The van der Waals surface area contributed by atoms with Crippen molar-refractivity contribution in [1.82, 2.24) is 25.1 Å². The van der Waals surface area contributed by atoms with Gasteiger partial charge < -0.3 is 29.8 Å². The number of H-pyrrole nitrogens is 2. The SMILES string of the molecule is COc1cccc2cc(C(=O)N3C[C@@H]4C[C@H]3CN4C(=O)[C@@H](NC(=O)c3cc4ccc(Cl)cc4[nH]3)C(C)(C)C)[nH]c12. The number of likely N-dealkylation sites (tertiary alicyclic amines) is 2. The molecule has 2 aromatic carbocycles. The maximum absolute atomic E-state index is 13.9. The molecule has 4 aromatic rings. The van der Waals surface area contributed by atoms with Crippen molar-refractivity contribution in [2.75, 3.05) is 20.2 Å². The Bertz CT molecular complexity index is 1650. The third-order valence-electron chi connectivity index (χ3n) is 8.07. The predicted molar refractivity (Wildman–Crippen MR) is 154 cm³/mol. The number of ether oxygens (including phenoxy) is 1. The van der Waals surface area contributed by atoms with Gasteiger partial charge in [0.1, 0.15) is 23.2 Å². The standard InChI is InChI=1S/C30H32ClN5O4/c1-30(2,3)26(34-27(37)22-10-16-8-9-18(31)12-21(16)32-22)29(39)36-15-19-13-20(36)14-35(19)28(38)23-11-17-6-5-7-24(40-4)25(17)33-23/h5-12,19-20,26,32-33H,13-15H2,1-4H3,(H,34,37)/t19-,20-,26+/m0/s1. The van der Waals surface area contributed by atoms with Gasteiger partial charge in [-0.2, -0.15) is 0 Å². The zero-order chi connectivity index (χ0) is 28.3. The van der Waals surface area contributed by atoms with Crippen molar-refractivity contribution < 1.29 is 19.1 Å². The molecular formula is C30H32ClN5O4. The number of fused-ring (bicyclic) bond motifs is 4. The molecule has 2 bridgehead atoms. The van der Waals surface area contributed by atoms with Crippen molar-refractivity contribution in [3.8, 4) is 5.75 Å². The van der Waals surface area contributed by atoms with Crippen molar-refractivity contribution in [2.24, 2.45) is 5.41 Å². The summed E-state index contributed by atoms with van der Waals surface area (Å²) in [5.41, 5.74) is 1.89. The molecule has 0 unspecified atom stereocenters. The number of carbonyl (C=O) groups is 3. The molecule has 3 N–H and O–H groups in total. The van der Waals surface area contributed by atoms with Gasteiger partial charge >= 0.3 is 0 Å². The predicted octanol–water partition coefficient (Wildman–Crippen LogP) is 4.58. The number of methoxy groups -OCH3 is 1. The Morgan fingerprint density at radius 3 is 2.40 bits per heavy atom. The van der Waals surface area contributed by atoms with Crippen molar-refractivity contribution >= 4 is 51.1 Å². The van der Waals surface area contributed by atoms with E-state index in [2.05, 4.69) is 15.3 Å². The van der Waals surface area contributed by atoms with Gasteiger partial charge in [0, 0.05) is 34.4 Å². The van der Waals surface area contributed by atoms with Crippen LogP contribution in [0.1, 0.15) is 48.2 Å². The summed E-state index contributed by atoms with van der Waals surface area (Å²) in [4.78, 5) is 50.6. The molecule has 6 rings (SSSR count). The third kappa shape index (κ3) is 4.48. The number of nitrogens with one attached hydrogen (secondary N) is 3. The number of hydrogen-bond donors (Lipinski definition) is 3. The zero-order valence-corrected chi connectivity index (χ0v) is 23.6. The van der Waals surface area contributed by atoms with Crippen LogP contribution in [0.25, 0.3) is 21.8 Å². The van der Waals surface area contributed by atoms with Gasteiger partial charge in [-0.1, -0.05) is 50.6 Å². The fraction of sp³-hybridized carbons (Fsp3) is 0.367. The summed E-state index contributed by atoms with van der Waals surface area (Å²) in [5.74, 6) is 0.117. The summed E-state index contributed by atoms with van der Waals surface area (Å²) in [5, 5.41) is 5.32. The first-order chi connectivity index (χ1) is 19.0. The van der Waals surface area contributed by atoms with E-state index in [1.807, 2.05) is 60.9 Å². The maximum atomic E-state index is 13.9. The molecule has 4 heterocycles. The highest BCUT2D eigenvalue weighted by molar-refractivity contribution is 6.31. The molecule has 0 aliphatic carbocycles. The second kappa shape index (κ2) is 9.59. The lowest BCUT2D eigenvalue weighted by atomic mass is 9.85. The molecular weight excluding hydrogens is 530 g/mol. The zero-order valence-electron chi connectivity index (χ0n) is 22.9. The quantitative estimate of drug-likeness (QED) is 0.331. The summed E-state index contributed by atoms with van der Waals surface area (Å²) in [6.45, 7) is 6.71. The number of aromatic nitrogens is 2. The van der Waals surface area contributed by atoms with Gasteiger partial charge in [0.25, 0.3) is 11.8 Å². The lowest BCUT2D eigenvalue weighted by Crippen LogP contribution is -2.59. The second-order valence-corrected chi connectivity index (χ2v) is 12.2. The number of halogens is 1. The van der Waals surface area contributed by atoms with Crippen LogP contribution in [0.5, 0.6) is 5.75 Å². The first-order valence-corrected chi connectivity index (χ1v) is 13.8. The molecule has 3 amide bonds. The van der Waals surface area contributed by atoms with Crippen molar-refractivity contribution in [1.29, 1.82) is 0 Å². The summed E-state index contributed by atoms with van der Waals surface area (Å²) in [6, 6.07) is 13.7. The van der Waals surface area contributed by atoms with Gasteiger partial charge in [-0.3, -0.25) is 14.4 Å². The third-order valence-corrected chi connectivity index (χ3v) is 8.31. The minimum Gasteiger partial charge on any atom is -0.495 e. The smallest absolute Gasteiger partial charge is 0.270 e. The van der Waals surface area contributed by atoms with Crippen LogP contribution in [0.15, 0.2) is 48.5 Å². The number of rotatable bonds is 5. The lowest BCUT2D eigenvalue weighted by molar-refractivity contribution is -0.138. The van der Waals surface area contributed by atoms with Crippen LogP contribution in [-0.2, 0) is 4.79 Å². The molecule has 2 fully saturated rings. The number of para-hydroxylation sites is 1. The Hall–Kier alpha value is -3.98. The Labute approximate surface area is 236 Å². The topological polar surface area (TPSA) is 111 Å². The number of nitrogens with zero attached hydrogens (tertiary/aromatic N) is 2. The molecule has 2 aliphatic heterocycles. The van der Waals surface area contributed by atoms with Gasteiger partial charge in [0.2, 0.25) is 5.91 Å². The molecule has 208 valence electrons. The monoisotopic (exact) mass is 561 g/mol. The molecule has 3 atom stereocenters. The number of hydrogen-bond acceptors (Lipinski definition) is 4. The number of carbonyl (C=O) groups excluding carboxylic acids is 3. The van der Waals surface area contributed by atoms with Crippen LogP contribution in [0.3, 0.4) is 0 Å². The van der Waals surface area contributed by atoms with E-state index >= 15 is 0 Å². The molecule has 40 heavy (non-hydrogen) atoms. The molecule has 2 aromatic heterocycles. The first kappa shape index (κ1) is 26.3. The van der Waals surface area contributed by atoms with E-state index in [-0.39, 0.29) is 29.8 Å². The van der Waals surface area contributed by atoms with E-state index in [4.69, 9.17) is 16.3 Å². The molecule has 0 radical (unpaired) electrons. The fourth-order valence-electron chi connectivity index (χ4n) is 6.00. The van der Waals surface area contributed by atoms with E-state index in [0.29, 0.717) is 41.7 Å². The number of amides is 3. The van der Waals surface area contributed by atoms with Crippen LogP contribution in [0.2, 0.25) is 5.02 Å². The van der Waals surface area contributed by atoms with Crippen molar-refractivity contribution in [2.45, 2.75) is 45.3 Å². The summed E-state index contributed by atoms with van der Waals surface area (Å²) >= 11 is 6.09. The first-order valence-electron chi connectivity index (χ1n) is 13.4. The number of piperazine rings is 1. The molecule has 9 nitrogen and oxygen atoms in total. The normalized spacial score (nSPS) is 19.4. The Morgan fingerprint density at radius 2 is 1.70 bits per heavy atom. The van der Waals surface area contributed by atoms with E-state index in [1.165, 1.54) is 0 Å². The highest BCUT2D eigenvalue weighted by Gasteiger charge is 2.50. The van der Waals surface area contributed by atoms with Gasteiger partial charge in [-0.25, -0.2) is 0 Å². The van der Waals surface area contributed by atoms with Crippen LogP contribution >= 0.6 is 11.6 Å². The fourth-order valence-corrected chi connectivity index (χ4v) is 6.17. The lowest BCUT2D eigenvalue weighted by Gasteiger charge is -2.39. The van der Waals surface area contributed by atoms with E-state index < -0.39 is 11.5 Å². The van der Waals surface area contributed by atoms with Crippen LogP contribution in [0, 0.1) is 5.41 Å². The maximum Gasteiger partial charge on any atom is 0.270 e. The van der Waals surface area contributed by atoms with E-state index in [0.717, 1.165) is 21.8 Å². The Kier molecular flexibility index (Phi) is 6.29. The van der Waals surface area contributed by atoms with Gasteiger partial charge in [-0.15, -0.1) is 0 Å². The van der Waals surface area contributed by atoms with E-state index in [9.17, 15) is 14.4 Å². The molecule has 0 spiro atoms. The number of benzene rings is 2. The van der Waals surface area contributed by atoms with Gasteiger partial charge in [0.15, 0.2) is 0 Å². The summed E-state index contributed by atoms with van der Waals surface area (Å²) in [6.07, 6.45) is 0.717. The Morgan fingerprint density at radius 1 is 0.975 bits per heavy atom. The average molecular weight is 562 g/mol. The van der Waals surface area contributed by atoms with Crippen molar-refractivity contribution in [3.63, 3.8) is 0 Å². The number of aromatic amines is 2. The molecule has 0 saturated carbocycles. The van der Waals surface area contributed by atoms with E-state index in [1.54, 1.807) is 25.3 Å². The largest absolute Gasteiger partial charge is 0.495 e. The minimum atomic E-state index is -0.736. The molecule has 2 aliphatic rings. The molecule has 10 heteroatoms. The summed E-state index contributed by atoms with van der Waals surface area (Å²) in [7, 11) is 1.60. The van der Waals surface area contributed by atoms with Gasteiger partial charge in [-0.05, 0) is 42.2 Å². The van der Waals surface area contributed by atoms with Crippen molar-refractivity contribution in [3.05, 3.63) is 64.9 Å². The van der Waals surface area contributed by atoms with Crippen LogP contribution < -0.4 is 10.1 Å². The van der Waals surface area contributed by atoms with Gasteiger partial charge in [0.05, 0.1) is 24.7 Å². The summed E-state index contributed by atoms with van der Waals surface area (Å²) < 4.78 is 5.42. The average Bonchev–Trinajstić information content (AvgIpc) is 3.71. The van der Waals surface area contributed by atoms with Crippen LogP contribution in [-0.4, -0.2) is 75.8 Å². The second-order valence-electron chi connectivity index (χ2n) is 11.8. The Balaban J connectivity index is 1.17. The van der Waals surface area contributed by atoms with Crippen LogP contribution in [0.4, 0.5) is 0 Å². The highest BCUT2D eigenvalue weighted by Crippen LogP contribution is 2.35. The highest BCUT2D eigenvalue weighted by atomic mass is 35.5. The molecule has 2 saturated heterocycles. The minimum absolute atomic E-state index is 0.0791.